The monoisotopic (exact) mass is 230 g/mol. The second kappa shape index (κ2) is 6.66. The van der Waals surface area contributed by atoms with Crippen molar-refractivity contribution in [2.45, 2.75) is 18.5 Å². The van der Waals surface area contributed by atoms with Crippen molar-refractivity contribution in [2.75, 3.05) is 12.4 Å². The van der Waals surface area contributed by atoms with E-state index >= 15 is 0 Å². The Morgan fingerprint density at radius 3 is 1.86 bits per heavy atom. The first-order valence-corrected chi connectivity index (χ1v) is 4.77. The van der Waals surface area contributed by atoms with Crippen molar-refractivity contribution in [3.05, 3.63) is 0 Å². The quantitative estimate of drug-likeness (QED) is 0.298. The van der Waals surface area contributed by atoms with Crippen molar-refractivity contribution < 1.29 is 49.4 Å². The predicted molar refractivity (Wildman–Crippen MR) is 35.2 cm³/mol. The molecule has 0 aromatic rings. The van der Waals surface area contributed by atoms with Gasteiger partial charge in [0.1, 0.15) is 12.8 Å². The van der Waals surface area contributed by atoms with E-state index in [-0.39, 0.29) is 18.9 Å². The zero-order valence-corrected chi connectivity index (χ0v) is 8.11. The third-order valence-corrected chi connectivity index (χ3v) is 1.93. The van der Waals surface area contributed by atoms with Crippen molar-refractivity contribution in [1.82, 2.24) is 0 Å². The summed E-state index contributed by atoms with van der Waals surface area (Å²) in [6.07, 6.45) is -8.49. The molecule has 3 atom stereocenters. The van der Waals surface area contributed by atoms with Crippen molar-refractivity contribution in [2.24, 2.45) is 0 Å². The normalized spacial score (nSPS) is 18.1. The molecule has 0 saturated carbocycles. The van der Waals surface area contributed by atoms with E-state index in [2.05, 4.69) is 0 Å². The summed E-state index contributed by atoms with van der Waals surface area (Å²) in [4.78, 5) is 0. The van der Waals surface area contributed by atoms with Crippen LogP contribution in [0.2, 0.25) is 0 Å². The van der Waals surface area contributed by atoms with Crippen molar-refractivity contribution in [3.8, 4) is 0 Å². The first-order valence-electron chi connectivity index (χ1n) is 3.19. The van der Waals surface area contributed by atoms with Gasteiger partial charge in [0.15, 0.2) is 12.3 Å². The summed E-state index contributed by atoms with van der Waals surface area (Å²) < 4.78 is 77.8. The van der Waals surface area contributed by atoms with Gasteiger partial charge in [-0.25, -0.2) is 26.0 Å². The average Bonchev–Trinajstić information content (AvgIpc) is 1.98. The summed E-state index contributed by atoms with van der Waals surface area (Å²) >= 11 is 0. The molecule has 0 bridgehead atoms. The van der Waals surface area contributed by atoms with Crippen LogP contribution in [0.3, 0.4) is 0 Å². The SMILES string of the molecule is O=S(=O)([O-])CC(F)C(F)C(F)CF.[Li+]. The molecule has 0 radical (unpaired) electrons. The van der Waals surface area contributed by atoms with Gasteiger partial charge in [0.05, 0.1) is 15.9 Å². The number of alkyl halides is 4. The van der Waals surface area contributed by atoms with Crippen LogP contribution in [0.15, 0.2) is 0 Å². The van der Waals surface area contributed by atoms with E-state index < -0.39 is 41.1 Å². The summed E-state index contributed by atoms with van der Waals surface area (Å²) in [7, 11) is -4.96. The third-order valence-electron chi connectivity index (χ3n) is 1.20. The fraction of sp³-hybridized carbons (Fsp3) is 1.00. The molecule has 14 heavy (non-hydrogen) atoms. The minimum absolute atomic E-state index is 0. The zero-order chi connectivity index (χ0) is 10.6. The van der Waals surface area contributed by atoms with Gasteiger partial charge >= 0.3 is 18.9 Å². The smallest absolute Gasteiger partial charge is 0.748 e. The van der Waals surface area contributed by atoms with Gasteiger partial charge < -0.3 is 4.55 Å². The van der Waals surface area contributed by atoms with Crippen LogP contribution < -0.4 is 18.9 Å². The van der Waals surface area contributed by atoms with Gasteiger partial charge in [-0.1, -0.05) is 0 Å². The second-order valence-electron chi connectivity index (χ2n) is 2.36. The van der Waals surface area contributed by atoms with Crippen molar-refractivity contribution in [3.63, 3.8) is 0 Å². The van der Waals surface area contributed by atoms with Crippen LogP contribution in [0.4, 0.5) is 17.6 Å². The molecule has 3 unspecified atom stereocenters. The third kappa shape index (κ3) is 6.65. The average molecular weight is 230 g/mol. The molecule has 0 aliphatic heterocycles. The van der Waals surface area contributed by atoms with E-state index in [1.54, 1.807) is 0 Å². The Morgan fingerprint density at radius 2 is 1.57 bits per heavy atom. The minimum atomic E-state index is -4.96. The molecule has 3 nitrogen and oxygen atoms in total. The molecule has 0 saturated heterocycles. The topological polar surface area (TPSA) is 57.2 Å². The Kier molecular flexibility index (Phi) is 7.92. The summed E-state index contributed by atoms with van der Waals surface area (Å²) in [5, 5.41) is 0. The molecule has 0 spiro atoms. The van der Waals surface area contributed by atoms with Gasteiger partial charge in [0.2, 0.25) is 0 Å². The molecule has 0 heterocycles. The largest absolute Gasteiger partial charge is 1.00 e. The summed E-state index contributed by atoms with van der Waals surface area (Å²) in [6.45, 7) is -1.76. The molecule has 80 valence electrons. The van der Waals surface area contributed by atoms with Crippen molar-refractivity contribution >= 4 is 10.1 Å². The van der Waals surface area contributed by atoms with Crippen LogP contribution in [0.1, 0.15) is 0 Å². The summed E-state index contributed by atoms with van der Waals surface area (Å²) in [5.41, 5.74) is 0. The zero-order valence-electron chi connectivity index (χ0n) is 7.29. The Hall–Kier alpha value is 0.227. The van der Waals surface area contributed by atoms with Crippen LogP contribution in [0.25, 0.3) is 0 Å². The molecule has 0 N–H and O–H groups in total. The molecular weight excluding hydrogens is 223 g/mol. The number of hydrogen-bond acceptors (Lipinski definition) is 3. The second-order valence-corrected chi connectivity index (χ2v) is 3.80. The minimum Gasteiger partial charge on any atom is -0.748 e. The Labute approximate surface area is 90.8 Å². The summed E-state index contributed by atoms with van der Waals surface area (Å²) in [6, 6.07) is 0. The van der Waals surface area contributed by atoms with Crippen LogP contribution in [-0.4, -0.2) is 43.9 Å². The van der Waals surface area contributed by atoms with Gasteiger partial charge in [-0.15, -0.1) is 0 Å². The van der Waals surface area contributed by atoms with Crippen molar-refractivity contribution in [1.29, 1.82) is 0 Å². The van der Waals surface area contributed by atoms with Crippen LogP contribution in [0, 0.1) is 0 Å². The molecule has 0 aliphatic rings. The molecule has 0 fully saturated rings. The van der Waals surface area contributed by atoms with E-state index in [1.807, 2.05) is 0 Å². The Balaban J connectivity index is 0. The maximum Gasteiger partial charge on any atom is 1.00 e. The number of hydrogen-bond donors (Lipinski definition) is 0. The number of rotatable bonds is 5. The van der Waals surface area contributed by atoms with Crippen LogP contribution in [0.5, 0.6) is 0 Å². The predicted octanol–water partition coefficient (Wildman–Crippen LogP) is -2.48. The first-order chi connectivity index (χ1) is 5.78. The fourth-order valence-corrected chi connectivity index (χ4v) is 1.17. The van der Waals surface area contributed by atoms with Crippen LogP contribution >= 0.6 is 0 Å². The van der Waals surface area contributed by atoms with Gasteiger partial charge in [0.25, 0.3) is 0 Å². The molecular formula is C5H7F4LiO3S. The van der Waals surface area contributed by atoms with E-state index in [0.29, 0.717) is 0 Å². The molecule has 0 aliphatic carbocycles. The van der Waals surface area contributed by atoms with Gasteiger partial charge in [-0.2, -0.15) is 0 Å². The molecule has 9 heteroatoms. The van der Waals surface area contributed by atoms with Gasteiger partial charge in [-0.05, 0) is 0 Å². The van der Waals surface area contributed by atoms with Crippen LogP contribution in [-0.2, 0) is 10.1 Å². The molecule has 0 amide bonds. The Bertz CT molecular complexity index is 247. The molecule has 0 rings (SSSR count). The number of halogens is 4. The standard InChI is InChI=1S/C5H8F4O3S.Li/c6-1-3(7)5(9)4(8)2-13(10,11)12;/h3-5H,1-2H2,(H,10,11,12);/q;+1/p-1. The maximum atomic E-state index is 12.4. The Morgan fingerprint density at radius 1 is 1.14 bits per heavy atom. The maximum absolute atomic E-state index is 12.4. The van der Waals surface area contributed by atoms with E-state index in [0.717, 1.165) is 0 Å². The van der Waals surface area contributed by atoms with E-state index in [4.69, 9.17) is 0 Å². The molecule has 0 aromatic heterocycles. The summed E-state index contributed by atoms with van der Waals surface area (Å²) in [5.74, 6) is -1.69. The van der Waals surface area contributed by atoms with Gasteiger partial charge in [0, 0.05) is 0 Å². The fourth-order valence-electron chi connectivity index (χ4n) is 0.599. The van der Waals surface area contributed by atoms with E-state index in [1.165, 1.54) is 0 Å². The molecule has 0 aromatic carbocycles. The first kappa shape index (κ1) is 16.6. The van der Waals surface area contributed by atoms with E-state index in [9.17, 15) is 30.5 Å². The van der Waals surface area contributed by atoms with Gasteiger partial charge in [-0.3, -0.25) is 0 Å².